The molecule has 1 aromatic carbocycles. The zero-order valence-corrected chi connectivity index (χ0v) is 8.55. The lowest BCUT2D eigenvalue weighted by Gasteiger charge is -2.17. The summed E-state index contributed by atoms with van der Waals surface area (Å²) in [6, 6.07) is 10.4. The van der Waals surface area contributed by atoms with Crippen LogP contribution in [0.5, 0.6) is 0 Å². The summed E-state index contributed by atoms with van der Waals surface area (Å²) in [5.74, 6) is 0. The minimum Gasteiger partial charge on any atom is -0.278 e. The van der Waals surface area contributed by atoms with Crippen molar-refractivity contribution in [3.63, 3.8) is 0 Å². The Morgan fingerprint density at radius 2 is 2.08 bits per heavy atom. The minimum absolute atomic E-state index is 0.715. The van der Waals surface area contributed by atoms with Gasteiger partial charge < -0.3 is 0 Å². The van der Waals surface area contributed by atoms with Gasteiger partial charge in [-0.2, -0.15) is 0 Å². The molecule has 0 aromatic heterocycles. The summed E-state index contributed by atoms with van der Waals surface area (Å²) in [7, 11) is 0. The first kappa shape index (κ1) is 8.82. The molecule has 0 bridgehead atoms. The van der Waals surface area contributed by atoms with Crippen LogP contribution in [-0.2, 0) is 0 Å². The Kier molecular flexibility index (Phi) is 2.69. The van der Waals surface area contributed by atoms with Crippen molar-refractivity contribution in [1.29, 1.82) is 0 Å². The highest BCUT2D eigenvalue weighted by Gasteiger charge is 2.13. The number of rotatable bonds is 1. The summed E-state index contributed by atoms with van der Waals surface area (Å²) in [5.41, 5.74) is 1.26. The Hall–Kier alpha value is -0.760. The minimum atomic E-state index is 0.715. The van der Waals surface area contributed by atoms with E-state index in [4.69, 9.17) is 0 Å². The van der Waals surface area contributed by atoms with Gasteiger partial charge in [0.1, 0.15) is 0 Å². The molecule has 1 atom stereocenters. The molecule has 1 heterocycles. The van der Waals surface area contributed by atoms with E-state index in [2.05, 4.69) is 36.2 Å². The van der Waals surface area contributed by atoms with Crippen LogP contribution in [0.25, 0.3) is 0 Å². The highest BCUT2D eigenvalue weighted by atomic mass is 32.2. The van der Waals surface area contributed by atoms with Gasteiger partial charge in [-0.15, -0.1) is 11.8 Å². The van der Waals surface area contributed by atoms with Crippen molar-refractivity contribution in [3.8, 4) is 0 Å². The van der Waals surface area contributed by atoms with Gasteiger partial charge in [-0.05, 0) is 6.42 Å². The quantitative estimate of drug-likeness (QED) is 0.664. The third-order valence-corrected chi connectivity index (χ3v) is 3.35. The van der Waals surface area contributed by atoms with Gasteiger partial charge in [0.15, 0.2) is 0 Å². The van der Waals surface area contributed by atoms with Crippen molar-refractivity contribution in [2.75, 3.05) is 6.54 Å². The smallest absolute Gasteiger partial charge is 0.0979 e. The summed E-state index contributed by atoms with van der Waals surface area (Å²) >= 11 is 1.89. The molecule has 0 spiro atoms. The van der Waals surface area contributed by atoms with E-state index in [1.54, 1.807) is 0 Å². The Morgan fingerprint density at radius 3 is 2.77 bits per heavy atom. The summed E-state index contributed by atoms with van der Waals surface area (Å²) in [6.45, 7) is 3.25. The zero-order chi connectivity index (χ0) is 9.10. The highest BCUT2D eigenvalue weighted by molar-refractivity contribution is 8.15. The fraction of sp³-hybridized carbons (Fsp3) is 0.364. The van der Waals surface area contributed by atoms with E-state index in [1.165, 1.54) is 17.0 Å². The van der Waals surface area contributed by atoms with Crippen LogP contribution in [0, 0.1) is 0 Å². The van der Waals surface area contributed by atoms with Crippen LogP contribution in [0.15, 0.2) is 35.3 Å². The second-order valence-electron chi connectivity index (χ2n) is 3.27. The number of thioether (sulfide) groups is 1. The molecule has 0 aliphatic carbocycles. The SMILES string of the molecule is CC1CCN=C(c2ccccc2)S1. The van der Waals surface area contributed by atoms with Crippen molar-refractivity contribution in [3.05, 3.63) is 35.9 Å². The average Bonchev–Trinajstić information content (AvgIpc) is 2.19. The van der Waals surface area contributed by atoms with E-state index in [0.717, 1.165) is 6.54 Å². The maximum Gasteiger partial charge on any atom is 0.0979 e. The molecule has 0 N–H and O–H groups in total. The van der Waals surface area contributed by atoms with Gasteiger partial charge in [0.05, 0.1) is 5.04 Å². The van der Waals surface area contributed by atoms with Gasteiger partial charge in [-0.1, -0.05) is 37.3 Å². The maximum absolute atomic E-state index is 4.53. The fourth-order valence-electron chi connectivity index (χ4n) is 1.37. The second-order valence-corrected chi connectivity index (χ2v) is 4.70. The van der Waals surface area contributed by atoms with Gasteiger partial charge in [0.2, 0.25) is 0 Å². The van der Waals surface area contributed by atoms with Crippen molar-refractivity contribution >= 4 is 16.8 Å². The van der Waals surface area contributed by atoms with Crippen LogP contribution in [0.4, 0.5) is 0 Å². The second kappa shape index (κ2) is 3.97. The molecule has 1 nitrogen and oxygen atoms in total. The third-order valence-electron chi connectivity index (χ3n) is 2.12. The summed E-state index contributed by atoms with van der Waals surface area (Å²) < 4.78 is 0. The predicted octanol–water partition coefficient (Wildman–Crippen LogP) is 2.96. The molecular formula is C11H13NS. The lowest BCUT2D eigenvalue weighted by atomic mass is 10.2. The van der Waals surface area contributed by atoms with Crippen LogP contribution < -0.4 is 0 Å². The van der Waals surface area contributed by atoms with Crippen LogP contribution in [0.2, 0.25) is 0 Å². The molecule has 68 valence electrons. The van der Waals surface area contributed by atoms with Crippen molar-refractivity contribution in [2.24, 2.45) is 4.99 Å². The van der Waals surface area contributed by atoms with Gasteiger partial charge in [-0.3, -0.25) is 4.99 Å². The van der Waals surface area contributed by atoms with E-state index in [0.29, 0.717) is 5.25 Å². The van der Waals surface area contributed by atoms with Crippen LogP contribution >= 0.6 is 11.8 Å². The molecule has 1 aliphatic heterocycles. The van der Waals surface area contributed by atoms with Crippen molar-refractivity contribution < 1.29 is 0 Å². The van der Waals surface area contributed by atoms with E-state index >= 15 is 0 Å². The summed E-state index contributed by atoms with van der Waals surface area (Å²) in [4.78, 5) is 4.53. The molecule has 1 unspecified atom stereocenters. The first-order valence-electron chi connectivity index (χ1n) is 4.63. The summed E-state index contributed by atoms with van der Waals surface area (Å²) in [6.07, 6.45) is 1.21. The molecular weight excluding hydrogens is 178 g/mol. The molecule has 1 aromatic rings. The predicted molar refractivity (Wildman–Crippen MR) is 59.5 cm³/mol. The first-order valence-corrected chi connectivity index (χ1v) is 5.51. The van der Waals surface area contributed by atoms with E-state index < -0.39 is 0 Å². The van der Waals surface area contributed by atoms with Gasteiger partial charge in [-0.25, -0.2) is 0 Å². The number of nitrogens with zero attached hydrogens (tertiary/aromatic N) is 1. The van der Waals surface area contributed by atoms with E-state index in [1.807, 2.05) is 17.8 Å². The van der Waals surface area contributed by atoms with Gasteiger partial charge >= 0.3 is 0 Å². The van der Waals surface area contributed by atoms with Crippen LogP contribution in [0.1, 0.15) is 18.9 Å². The number of hydrogen-bond donors (Lipinski definition) is 0. The molecule has 0 saturated carbocycles. The molecule has 0 amide bonds. The first-order chi connectivity index (χ1) is 6.36. The highest BCUT2D eigenvalue weighted by Crippen LogP contribution is 2.24. The molecule has 1 aliphatic rings. The molecule has 0 saturated heterocycles. The Balaban J connectivity index is 2.22. The largest absolute Gasteiger partial charge is 0.278 e. The zero-order valence-electron chi connectivity index (χ0n) is 7.73. The fourth-order valence-corrected chi connectivity index (χ4v) is 2.42. The Bertz CT molecular complexity index is 305. The average molecular weight is 191 g/mol. The number of benzene rings is 1. The summed E-state index contributed by atoms with van der Waals surface area (Å²) in [5, 5.41) is 1.92. The topological polar surface area (TPSA) is 12.4 Å². The molecule has 2 rings (SSSR count). The monoisotopic (exact) mass is 191 g/mol. The molecule has 0 radical (unpaired) electrons. The molecule has 13 heavy (non-hydrogen) atoms. The molecule has 0 fully saturated rings. The van der Waals surface area contributed by atoms with Crippen LogP contribution in [-0.4, -0.2) is 16.8 Å². The Morgan fingerprint density at radius 1 is 1.31 bits per heavy atom. The van der Waals surface area contributed by atoms with Crippen LogP contribution in [0.3, 0.4) is 0 Å². The van der Waals surface area contributed by atoms with E-state index in [-0.39, 0.29) is 0 Å². The number of aliphatic imine (C=N–C) groups is 1. The standard InChI is InChI=1S/C11H13NS/c1-9-7-8-12-11(13-9)10-5-3-2-4-6-10/h2-6,9H,7-8H2,1H3. The Labute approximate surface area is 83.3 Å². The normalized spacial score (nSPS) is 22.5. The third kappa shape index (κ3) is 2.13. The number of hydrogen-bond acceptors (Lipinski definition) is 2. The lowest BCUT2D eigenvalue weighted by molar-refractivity contribution is 0.820. The lowest BCUT2D eigenvalue weighted by Crippen LogP contribution is -2.11. The van der Waals surface area contributed by atoms with Gasteiger partial charge in [0.25, 0.3) is 0 Å². The molecule has 2 heteroatoms. The van der Waals surface area contributed by atoms with Crippen molar-refractivity contribution in [1.82, 2.24) is 0 Å². The van der Waals surface area contributed by atoms with Crippen molar-refractivity contribution in [2.45, 2.75) is 18.6 Å². The van der Waals surface area contributed by atoms with E-state index in [9.17, 15) is 0 Å². The van der Waals surface area contributed by atoms with Gasteiger partial charge in [0, 0.05) is 17.4 Å². The maximum atomic E-state index is 4.53.